The first kappa shape index (κ1) is 36.9. The fourth-order valence-corrected chi connectivity index (χ4v) is 12.1. The van der Waals surface area contributed by atoms with E-state index >= 15 is 0 Å². The van der Waals surface area contributed by atoms with Crippen LogP contribution in [-0.4, -0.2) is 12.0 Å². The van der Waals surface area contributed by atoms with Crippen LogP contribution in [0.4, 0.5) is 5.69 Å². The van der Waals surface area contributed by atoms with Gasteiger partial charge in [-0.15, -0.1) is 22.2 Å². The van der Waals surface area contributed by atoms with E-state index in [1.165, 1.54) is 38.9 Å². The molecule has 7 aromatic rings. The van der Waals surface area contributed by atoms with E-state index in [0.29, 0.717) is 0 Å². The Kier molecular flexibility index (Phi) is 12.2. The molecule has 7 aromatic carbocycles. The van der Waals surface area contributed by atoms with Gasteiger partial charge in [-0.05, 0) is 55.5 Å². The van der Waals surface area contributed by atoms with Crippen molar-refractivity contribution in [2.75, 3.05) is 5.43 Å². The molecular weight excluding hydrogens is 722 g/mol. The smallest absolute Gasteiger partial charge is 0.318 e. The summed E-state index contributed by atoms with van der Waals surface area (Å²) in [5.74, 6) is 0.128. The number of halogens is 2. The summed E-state index contributed by atoms with van der Waals surface area (Å²) in [6.07, 6.45) is 0. The SMILES string of the molecule is CC(C)c1cc(C(c2ccccc2)c2ccccc2)c(NN([Si](Cl)Cl)P(c2ccccc2)c2ccccc2)c(C(c2ccccc2)c2ccccc2)c1. The average molecular weight is 765 g/mol. The van der Waals surface area contributed by atoms with Crippen LogP contribution in [0.3, 0.4) is 0 Å². The van der Waals surface area contributed by atoms with Crippen molar-refractivity contribution in [2.45, 2.75) is 31.6 Å². The van der Waals surface area contributed by atoms with Crippen LogP contribution in [0.2, 0.25) is 0 Å². The summed E-state index contributed by atoms with van der Waals surface area (Å²) >= 11 is 14.5. The highest BCUT2D eigenvalue weighted by molar-refractivity contribution is 7.73. The largest absolute Gasteiger partial charge is 0.383 e. The molecule has 6 heteroatoms. The van der Waals surface area contributed by atoms with Crippen LogP contribution in [0.5, 0.6) is 0 Å². The molecule has 53 heavy (non-hydrogen) atoms. The molecule has 0 heterocycles. The van der Waals surface area contributed by atoms with Gasteiger partial charge in [0.25, 0.3) is 0 Å². The predicted octanol–water partition coefficient (Wildman–Crippen LogP) is 12.3. The van der Waals surface area contributed by atoms with E-state index < -0.39 is 15.7 Å². The molecule has 0 amide bonds. The van der Waals surface area contributed by atoms with Gasteiger partial charge in [-0.2, -0.15) is 4.44 Å². The van der Waals surface area contributed by atoms with Crippen molar-refractivity contribution in [3.05, 3.63) is 233 Å². The normalized spacial score (nSPS) is 11.7. The summed E-state index contributed by atoms with van der Waals surface area (Å²) in [6.45, 7) is 4.57. The first-order valence-corrected chi connectivity index (χ1v) is 22.8. The first-order chi connectivity index (χ1) is 26.0. The Bertz CT molecular complexity index is 1950. The summed E-state index contributed by atoms with van der Waals surface area (Å²) in [6, 6.07) is 69.4. The third kappa shape index (κ3) is 8.52. The minimum atomic E-state index is -2.13. The van der Waals surface area contributed by atoms with Crippen molar-refractivity contribution >= 4 is 54.1 Å². The van der Waals surface area contributed by atoms with Crippen LogP contribution in [0.15, 0.2) is 194 Å². The van der Waals surface area contributed by atoms with E-state index in [1.807, 2.05) is 0 Å². The molecule has 1 radical (unpaired) electrons. The maximum absolute atomic E-state index is 7.25. The molecule has 0 aromatic heterocycles. The molecule has 0 atom stereocenters. The summed E-state index contributed by atoms with van der Waals surface area (Å²) in [4.78, 5) is 0. The monoisotopic (exact) mass is 763 g/mol. The third-order valence-electron chi connectivity index (χ3n) is 9.62. The second kappa shape index (κ2) is 17.6. The van der Waals surface area contributed by atoms with Gasteiger partial charge < -0.3 is 5.43 Å². The number of nitrogens with zero attached hydrogens (tertiary/aromatic N) is 1. The summed E-state index contributed by atoms with van der Waals surface area (Å²) in [5, 5.41) is 2.33. The van der Waals surface area contributed by atoms with Gasteiger partial charge in [0.15, 0.2) is 0 Å². The van der Waals surface area contributed by atoms with E-state index in [0.717, 1.165) is 16.3 Å². The van der Waals surface area contributed by atoms with Crippen molar-refractivity contribution < 1.29 is 0 Å². The Hall–Kier alpha value is -4.47. The molecular formula is C47H42Cl2N2PSi. The minimum Gasteiger partial charge on any atom is -0.318 e. The van der Waals surface area contributed by atoms with Gasteiger partial charge in [0.2, 0.25) is 0 Å². The van der Waals surface area contributed by atoms with E-state index in [9.17, 15) is 0 Å². The number of rotatable bonds is 13. The summed E-state index contributed by atoms with van der Waals surface area (Å²) in [7, 11) is -3.31. The van der Waals surface area contributed by atoms with Crippen LogP contribution in [-0.2, 0) is 0 Å². The fraction of sp³-hybridized carbons (Fsp3) is 0.106. The molecule has 0 spiro atoms. The molecule has 0 unspecified atom stereocenters. The molecule has 0 saturated carbocycles. The molecule has 0 bridgehead atoms. The van der Waals surface area contributed by atoms with Crippen molar-refractivity contribution in [3.63, 3.8) is 0 Å². The van der Waals surface area contributed by atoms with Crippen LogP contribution in [0.1, 0.15) is 70.5 Å². The van der Waals surface area contributed by atoms with Crippen LogP contribution >= 0.6 is 30.2 Å². The highest BCUT2D eigenvalue weighted by atomic mass is 35.7. The number of hydrazine groups is 1. The Labute approximate surface area is 327 Å². The van der Waals surface area contributed by atoms with Crippen molar-refractivity contribution in [1.82, 2.24) is 4.44 Å². The lowest BCUT2D eigenvalue weighted by Crippen LogP contribution is -2.39. The maximum atomic E-state index is 7.25. The van der Waals surface area contributed by atoms with E-state index in [1.54, 1.807) is 0 Å². The zero-order valence-electron chi connectivity index (χ0n) is 29.9. The summed E-state index contributed by atoms with van der Waals surface area (Å²) in [5.41, 5.74) is 13.6. The first-order valence-electron chi connectivity index (χ1n) is 18.0. The van der Waals surface area contributed by atoms with E-state index in [2.05, 4.69) is 218 Å². The molecule has 0 aliphatic carbocycles. The third-order valence-corrected chi connectivity index (χ3v) is 15.0. The molecule has 0 aliphatic rings. The van der Waals surface area contributed by atoms with Gasteiger partial charge in [0.05, 0.1) is 5.69 Å². The zero-order valence-corrected chi connectivity index (χ0v) is 33.3. The van der Waals surface area contributed by atoms with Gasteiger partial charge in [-0.25, -0.2) is 0 Å². The Morgan fingerprint density at radius 3 is 1.04 bits per heavy atom. The highest BCUT2D eigenvalue weighted by Crippen LogP contribution is 2.48. The molecule has 0 fully saturated rings. The van der Waals surface area contributed by atoms with Gasteiger partial charge in [-0.3, -0.25) is 0 Å². The Balaban J connectivity index is 1.56. The second-order valence-corrected chi connectivity index (χ2v) is 19.5. The zero-order chi connectivity index (χ0) is 36.6. The van der Waals surface area contributed by atoms with Gasteiger partial charge in [0.1, 0.15) is 0 Å². The predicted molar refractivity (Wildman–Crippen MR) is 230 cm³/mol. The summed E-state index contributed by atoms with van der Waals surface area (Å²) < 4.78 is 2.17. The Morgan fingerprint density at radius 2 is 0.755 bits per heavy atom. The molecule has 0 aliphatic heterocycles. The highest BCUT2D eigenvalue weighted by Gasteiger charge is 2.34. The van der Waals surface area contributed by atoms with Crippen molar-refractivity contribution in [2.24, 2.45) is 0 Å². The molecule has 7 rings (SSSR count). The lowest BCUT2D eigenvalue weighted by molar-refractivity contribution is 0.815. The van der Waals surface area contributed by atoms with Gasteiger partial charge in [0, 0.05) is 19.9 Å². The van der Waals surface area contributed by atoms with Gasteiger partial charge >= 0.3 is 7.58 Å². The van der Waals surface area contributed by atoms with Crippen molar-refractivity contribution in [3.8, 4) is 0 Å². The quantitative estimate of drug-likeness (QED) is 0.0414. The molecule has 0 saturated heterocycles. The van der Waals surface area contributed by atoms with Crippen LogP contribution in [0.25, 0.3) is 0 Å². The van der Waals surface area contributed by atoms with Gasteiger partial charge in [-0.1, -0.05) is 208 Å². The van der Waals surface area contributed by atoms with Crippen LogP contribution < -0.4 is 16.0 Å². The maximum Gasteiger partial charge on any atom is 0.383 e. The number of anilines is 1. The molecule has 1 N–H and O–H groups in total. The van der Waals surface area contributed by atoms with Crippen LogP contribution in [0, 0.1) is 0 Å². The fourth-order valence-electron chi connectivity index (χ4n) is 7.11. The van der Waals surface area contributed by atoms with E-state index in [4.69, 9.17) is 22.2 Å². The lowest BCUT2D eigenvalue weighted by Gasteiger charge is -2.37. The van der Waals surface area contributed by atoms with E-state index in [-0.39, 0.29) is 17.8 Å². The lowest BCUT2D eigenvalue weighted by atomic mass is 9.77. The minimum absolute atomic E-state index is 0.0765. The average Bonchev–Trinajstić information content (AvgIpc) is 3.21. The number of hydrogen-bond donors (Lipinski definition) is 1. The standard InChI is InChI=1S/C47H42Cl2N2PSi/c1-35(2)40-33-43(45(36-21-9-3-10-22-36)37-23-11-4-12-24-37)47(44(34-40)46(38-25-13-5-14-26-38)39-27-15-6-16-28-39)50-51(53(48)49)52(41-29-17-7-18-30-41)42-31-19-8-20-32-42/h3-35,45-46,50H,1-2H3. The number of nitrogens with one attached hydrogen (secondary N) is 1. The second-order valence-electron chi connectivity index (χ2n) is 13.4. The Morgan fingerprint density at radius 1 is 0.453 bits per heavy atom. The topological polar surface area (TPSA) is 15.3 Å². The number of hydrogen-bond acceptors (Lipinski definition) is 2. The molecule has 2 nitrogen and oxygen atoms in total. The molecule has 263 valence electrons. The number of benzene rings is 7. The van der Waals surface area contributed by atoms with Crippen molar-refractivity contribution in [1.29, 1.82) is 0 Å².